The van der Waals surface area contributed by atoms with Gasteiger partial charge in [0.25, 0.3) is 0 Å². The number of aromatic amines is 1. The fraction of sp³-hybridized carbons (Fsp3) is 0.125. The normalized spacial score (nSPS) is 10.9. The predicted octanol–water partition coefficient (Wildman–Crippen LogP) is 5.52. The number of esters is 1. The van der Waals surface area contributed by atoms with Crippen LogP contribution in [0.4, 0.5) is 0 Å². The van der Waals surface area contributed by atoms with Crippen LogP contribution in [-0.4, -0.2) is 18.1 Å². The van der Waals surface area contributed by atoms with E-state index in [0.29, 0.717) is 5.56 Å². The van der Waals surface area contributed by atoms with Gasteiger partial charge in [0, 0.05) is 16.6 Å². The highest BCUT2D eigenvalue weighted by atomic mass is 16.5. The summed E-state index contributed by atoms with van der Waals surface area (Å²) in [5, 5.41) is 1.07. The van der Waals surface area contributed by atoms with Gasteiger partial charge in [-0.3, -0.25) is 0 Å². The van der Waals surface area contributed by atoms with Gasteiger partial charge < -0.3 is 9.72 Å². The summed E-state index contributed by atoms with van der Waals surface area (Å²) in [7, 11) is 1.41. The summed E-state index contributed by atoms with van der Waals surface area (Å²) in [4.78, 5) is 15.3. The van der Waals surface area contributed by atoms with E-state index in [1.165, 1.54) is 29.4 Å². The molecule has 0 saturated carbocycles. The number of hydrogen-bond donors (Lipinski definition) is 1. The molecule has 1 heterocycles. The number of aryl methyl sites for hydroxylation is 1. The number of carbonyl (C=O) groups is 1. The van der Waals surface area contributed by atoms with Crippen LogP contribution in [0.1, 0.15) is 27.2 Å². The van der Waals surface area contributed by atoms with E-state index in [2.05, 4.69) is 60.4 Å². The highest BCUT2D eigenvalue weighted by Crippen LogP contribution is 2.28. The minimum atomic E-state index is -0.312. The van der Waals surface area contributed by atoms with Crippen LogP contribution in [0.2, 0.25) is 0 Å². The van der Waals surface area contributed by atoms with Crippen molar-refractivity contribution in [2.75, 3.05) is 7.11 Å². The number of benzene rings is 3. The summed E-state index contributed by atoms with van der Waals surface area (Å²) < 4.78 is 4.87. The van der Waals surface area contributed by atoms with Crippen LogP contribution in [0.3, 0.4) is 0 Å². The van der Waals surface area contributed by atoms with Gasteiger partial charge in [0.1, 0.15) is 0 Å². The Balaban J connectivity index is 1.73. The van der Waals surface area contributed by atoms with Crippen LogP contribution in [0.25, 0.3) is 22.0 Å². The van der Waals surface area contributed by atoms with Gasteiger partial charge >= 0.3 is 5.97 Å². The van der Waals surface area contributed by atoms with E-state index < -0.39 is 0 Å². The smallest absolute Gasteiger partial charge is 0.337 e. The Morgan fingerprint density at radius 1 is 0.926 bits per heavy atom. The first kappa shape index (κ1) is 17.1. The molecule has 0 fully saturated rings. The van der Waals surface area contributed by atoms with Crippen molar-refractivity contribution in [3.05, 3.63) is 95.2 Å². The number of ether oxygens (including phenoxy) is 1. The number of aromatic nitrogens is 1. The van der Waals surface area contributed by atoms with Crippen LogP contribution in [0, 0.1) is 6.92 Å². The van der Waals surface area contributed by atoms with E-state index in [0.717, 1.165) is 23.0 Å². The fourth-order valence-corrected chi connectivity index (χ4v) is 3.55. The van der Waals surface area contributed by atoms with Gasteiger partial charge in [-0.25, -0.2) is 4.79 Å². The number of carbonyl (C=O) groups excluding carboxylic acids is 1. The quantitative estimate of drug-likeness (QED) is 0.490. The molecular formula is C24H21NO2. The lowest BCUT2D eigenvalue weighted by Gasteiger charge is -2.07. The molecule has 0 aliphatic carbocycles. The monoisotopic (exact) mass is 355 g/mol. The Kier molecular flexibility index (Phi) is 4.51. The topological polar surface area (TPSA) is 42.1 Å². The maximum Gasteiger partial charge on any atom is 0.337 e. The Morgan fingerprint density at radius 2 is 1.70 bits per heavy atom. The minimum Gasteiger partial charge on any atom is -0.465 e. The molecule has 3 heteroatoms. The number of methoxy groups -OCH3 is 1. The number of H-pyrrole nitrogens is 1. The maximum atomic E-state index is 11.9. The maximum absolute atomic E-state index is 11.9. The van der Waals surface area contributed by atoms with E-state index in [-0.39, 0.29) is 5.97 Å². The number of nitrogens with one attached hydrogen (secondary N) is 1. The van der Waals surface area contributed by atoms with E-state index in [9.17, 15) is 4.79 Å². The lowest BCUT2D eigenvalue weighted by atomic mass is 9.97. The summed E-state index contributed by atoms with van der Waals surface area (Å²) in [5.41, 5.74) is 7.60. The zero-order chi connectivity index (χ0) is 18.8. The van der Waals surface area contributed by atoms with Crippen molar-refractivity contribution >= 4 is 16.9 Å². The van der Waals surface area contributed by atoms with Gasteiger partial charge in [0.05, 0.1) is 12.7 Å². The third kappa shape index (κ3) is 3.36. The second-order valence-electron chi connectivity index (χ2n) is 6.72. The van der Waals surface area contributed by atoms with Crippen molar-refractivity contribution in [1.82, 2.24) is 4.98 Å². The molecule has 0 aliphatic heterocycles. The standard InChI is InChI=1S/C24H21NO2/c1-16-21(22-15-20(24(26)27-2)11-12-23(22)25-16)14-17-7-6-10-19(13-17)18-8-4-3-5-9-18/h3-13,15,25H,14H2,1-2H3. The molecule has 0 amide bonds. The molecule has 4 rings (SSSR count). The zero-order valence-corrected chi connectivity index (χ0v) is 15.5. The molecule has 3 nitrogen and oxygen atoms in total. The van der Waals surface area contributed by atoms with Gasteiger partial charge in [0.15, 0.2) is 0 Å². The van der Waals surface area contributed by atoms with Crippen LogP contribution >= 0.6 is 0 Å². The van der Waals surface area contributed by atoms with Crippen molar-refractivity contribution in [1.29, 1.82) is 0 Å². The van der Waals surface area contributed by atoms with Gasteiger partial charge in [0.2, 0.25) is 0 Å². The van der Waals surface area contributed by atoms with Crippen molar-refractivity contribution < 1.29 is 9.53 Å². The summed E-state index contributed by atoms with van der Waals surface area (Å²) in [5.74, 6) is -0.312. The second kappa shape index (κ2) is 7.12. The highest BCUT2D eigenvalue weighted by molar-refractivity contribution is 5.96. The molecular weight excluding hydrogens is 334 g/mol. The summed E-state index contributed by atoms with van der Waals surface area (Å²) in [6.45, 7) is 2.08. The first-order chi connectivity index (χ1) is 13.2. The van der Waals surface area contributed by atoms with E-state index in [4.69, 9.17) is 4.74 Å². The lowest BCUT2D eigenvalue weighted by molar-refractivity contribution is 0.0601. The van der Waals surface area contributed by atoms with Gasteiger partial charge in [-0.2, -0.15) is 0 Å². The number of hydrogen-bond acceptors (Lipinski definition) is 2. The Hall–Kier alpha value is -3.33. The third-order valence-electron chi connectivity index (χ3n) is 4.96. The van der Waals surface area contributed by atoms with Gasteiger partial charge in [-0.05, 0) is 53.8 Å². The molecule has 4 aromatic rings. The first-order valence-electron chi connectivity index (χ1n) is 8.99. The van der Waals surface area contributed by atoms with Gasteiger partial charge in [-0.1, -0.05) is 54.6 Å². The molecule has 1 N–H and O–H groups in total. The van der Waals surface area contributed by atoms with Crippen molar-refractivity contribution in [3.8, 4) is 11.1 Å². The number of fused-ring (bicyclic) bond motifs is 1. The average molecular weight is 355 g/mol. The van der Waals surface area contributed by atoms with Crippen molar-refractivity contribution in [2.24, 2.45) is 0 Å². The van der Waals surface area contributed by atoms with E-state index >= 15 is 0 Å². The molecule has 0 radical (unpaired) electrons. The molecule has 0 atom stereocenters. The average Bonchev–Trinajstić information content (AvgIpc) is 3.03. The third-order valence-corrected chi connectivity index (χ3v) is 4.96. The SMILES string of the molecule is COC(=O)c1ccc2[nH]c(C)c(Cc3cccc(-c4ccccc4)c3)c2c1. The fourth-order valence-electron chi connectivity index (χ4n) is 3.55. The molecule has 0 spiro atoms. The summed E-state index contributed by atoms with van der Waals surface area (Å²) in [6, 6.07) is 24.7. The molecule has 0 aliphatic rings. The number of rotatable bonds is 4. The van der Waals surface area contributed by atoms with Crippen LogP contribution in [0.15, 0.2) is 72.8 Å². The molecule has 0 saturated heterocycles. The summed E-state index contributed by atoms with van der Waals surface area (Å²) in [6.07, 6.45) is 0.803. The van der Waals surface area contributed by atoms with Crippen LogP contribution < -0.4 is 0 Å². The highest BCUT2D eigenvalue weighted by Gasteiger charge is 2.13. The Bertz CT molecular complexity index is 1110. The first-order valence-corrected chi connectivity index (χ1v) is 8.99. The molecule has 0 bridgehead atoms. The van der Waals surface area contributed by atoms with E-state index in [1.54, 1.807) is 6.07 Å². The molecule has 134 valence electrons. The zero-order valence-electron chi connectivity index (χ0n) is 15.5. The Morgan fingerprint density at radius 3 is 2.48 bits per heavy atom. The van der Waals surface area contributed by atoms with Gasteiger partial charge in [-0.15, -0.1) is 0 Å². The van der Waals surface area contributed by atoms with E-state index in [1.807, 2.05) is 18.2 Å². The largest absolute Gasteiger partial charge is 0.465 e. The predicted molar refractivity (Wildman–Crippen MR) is 109 cm³/mol. The Labute approximate surface area is 158 Å². The van der Waals surface area contributed by atoms with Crippen molar-refractivity contribution in [2.45, 2.75) is 13.3 Å². The summed E-state index contributed by atoms with van der Waals surface area (Å²) >= 11 is 0. The molecule has 0 unspecified atom stereocenters. The lowest BCUT2D eigenvalue weighted by Crippen LogP contribution is -2.00. The molecule has 1 aromatic heterocycles. The molecule has 3 aromatic carbocycles. The van der Waals surface area contributed by atoms with Crippen LogP contribution in [-0.2, 0) is 11.2 Å². The van der Waals surface area contributed by atoms with Crippen LogP contribution in [0.5, 0.6) is 0 Å². The molecule has 27 heavy (non-hydrogen) atoms. The minimum absolute atomic E-state index is 0.312. The van der Waals surface area contributed by atoms with Crippen molar-refractivity contribution in [3.63, 3.8) is 0 Å². The second-order valence-corrected chi connectivity index (χ2v) is 6.72.